The van der Waals surface area contributed by atoms with Gasteiger partial charge < -0.3 is 14.6 Å². The number of hydrogen-bond acceptors (Lipinski definition) is 3. The molecule has 0 spiro atoms. The van der Waals surface area contributed by atoms with Gasteiger partial charge in [0.15, 0.2) is 5.82 Å². The summed E-state index contributed by atoms with van der Waals surface area (Å²) in [5.74, 6) is 1.13. The van der Waals surface area contributed by atoms with Crippen molar-refractivity contribution in [3.63, 3.8) is 0 Å². The van der Waals surface area contributed by atoms with Gasteiger partial charge in [-0.25, -0.2) is 0 Å². The van der Waals surface area contributed by atoms with Crippen LogP contribution >= 0.6 is 0 Å². The number of hydrogen-bond donors (Lipinski definition) is 2. The van der Waals surface area contributed by atoms with Gasteiger partial charge in [-0.05, 0) is 44.9 Å². The number of aromatic nitrogens is 3. The molecule has 0 aliphatic heterocycles. The van der Waals surface area contributed by atoms with E-state index in [0.29, 0.717) is 11.9 Å². The quantitative estimate of drug-likeness (QED) is 0.622. The summed E-state index contributed by atoms with van der Waals surface area (Å²) in [5, 5.41) is 10.2. The molecule has 1 amide bonds. The van der Waals surface area contributed by atoms with Crippen LogP contribution in [0.15, 0.2) is 36.4 Å². The summed E-state index contributed by atoms with van der Waals surface area (Å²) in [4.78, 5) is 12.9. The van der Waals surface area contributed by atoms with Crippen LogP contribution in [-0.4, -0.2) is 27.8 Å². The third kappa shape index (κ3) is 3.79. The maximum Gasteiger partial charge on any atom is 0.258 e. The van der Waals surface area contributed by atoms with Crippen LogP contribution in [0, 0.1) is 13.8 Å². The van der Waals surface area contributed by atoms with E-state index in [2.05, 4.69) is 27.0 Å². The SMILES string of the molecule is COc1ccccc1-c1cc(NC(=O)c2cc(C)n(C3CCCCC3)c2C)n[nH]1. The highest BCUT2D eigenvalue weighted by molar-refractivity contribution is 6.05. The number of carbonyl (C=O) groups is 1. The predicted octanol–water partition coefficient (Wildman–Crippen LogP) is 5.26. The first-order valence-corrected chi connectivity index (χ1v) is 10.3. The van der Waals surface area contributed by atoms with Gasteiger partial charge in [-0.3, -0.25) is 9.89 Å². The zero-order valence-corrected chi connectivity index (χ0v) is 17.3. The van der Waals surface area contributed by atoms with Crippen LogP contribution in [0.25, 0.3) is 11.3 Å². The lowest BCUT2D eigenvalue weighted by molar-refractivity contribution is 0.102. The highest BCUT2D eigenvalue weighted by Crippen LogP contribution is 2.33. The molecule has 0 bridgehead atoms. The number of nitrogens with zero attached hydrogens (tertiary/aromatic N) is 2. The predicted molar refractivity (Wildman–Crippen MR) is 115 cm³/mol. The van der Waals surface area contributed by atoms with Crippen molar-refractivity contribution in [2.75, 3.05) is 12.4 Å². The molecule has 1 aliphatic rings. The van der Waals surface area contributed by atoms with Crippen molar-refractivity contribution in [1.29, 1.82) is 0 Å². The summed E-state index contributed by atoms with van der Waals surface area (Å²) < 4.78 is 7.76. The molecule has 1 aromatic carbocycles. The molecule has 6 heteroatoms. The van der Waals surface area contributed by atoms with Gasteiger partial charge in [-0.2, -0.15) is 5.10 Å². The molecule has 4 rings (SSSR count). The second kappa shape index (κ2) is 8.15. The summed E-state index contributed by atoms with van der Waals surface area (Å²) in [6.07, 6.45) is 6.24. The minimum atomic E-state index is -0.127. The first-order valence-electron chi connectivity index (χ1n) is 10.3. The molecule has 0 atom stereocenters. The lowest BCUT2D eigenvalue weighted by Gasteiger charge is -2.26. The molecule has 1 saturated carbocycles. The van der Waals surface area contributed by atoms with Crippen molar-refractivity contribution >= 4 is 11.7 Å². The fourth-order valence-electron chi connectivity index (χ4n) is 4.48. The zero-order valence-electron chi connectivity index (χ0n) is 17.3. The molecule has 2 aromatic heterocycles. The first kappa shape index (κ1) is 19.3. The van der Waals surface area contributed by atoms with Gasteiger partial charge >= 0.3 is 0 Å². The van der Waals surface area contributed by atoms with Crippen molar-refractivity contribution in [3.05, 3.63) is 53.3 Å². The molecule has 0 saturated heterocycles. The first-order chi connectivity index (χ1) is 14.1. The van der Waals surface area contributed by atoms with Gasteiger partial charge in [-0.1, -0.05) is 31.4 Å². The monoisotopic (exact) mass is 392 g/mol. The Kier molecular flexibility index (Phi) is 5.43. The molecule has 0 unspecified atom stereocenters. The van der Waals surface area contributed by atoms with Crippen LogP contribution in [-0.2, 0) is 0 Å². The fraction of sp³-hybridized carbons (Fsp3) is 0.391. The number of H-pyrrole nitrogens is 1. The van der Waals surface area contributed by atoms with Crippen molar-refractivity contribution in [2.45, 2.75) is 52.0 Å². The zero-order chi connectivity index (χ0) is 20.4. The smallest absolute Gasteiger partial charge is 0.258 e. The summed E-state index contributed by atoms with van der Waals surface area (Å²) in [5.41, 5.74) is 4.60. The van der Waals surface area contributed by atoms with E-state index in [1.807, 2.05) is 43.3 Å². The molecule has 1 aliphatic carbocycles. The lowest BCUT2D eigenvalue weighted by atomic mass is 9.95. The Morgan fingerprint density at radius 2 is 1.93 bits per heavy atom. The van der Waals surface area contributed by atoms with Crippen LogP contribution in [0.2, 0.25) is 0 Å². The molecule has 1 fully saturated rings. The molecular formula is C23H28N4O2. The van der Waals surface area contributed by atoms with Crippen molar-refractivity contribution < 1.29 is 9.53 Å². The number of carbonyl (C=O) groups excluding carboxylic acids is 1. The van der Waals surface area contributed by atoms with E-state index in [9.17, 15) is 4.79 Å². The van der Waals surface area contributed by atoms with Gasteiger partial charge in [0, 0.05) is 29.1 Å². The third-order valence-electron chi connectivity index (χ3n) is 5.89. The van der Waals surface area contributed by atoms with Crippen LogP contribution < -0.4 is 10.1 Å². The Morgan fingerprint density at radius 3 is 2.69 bits per heavy atom. The van der Waals surface area contributed by atoms with Gasteiger partial charge in [0.25, 0.3) is 5.91 Å². The van der Waals surface area contributed by atoms with Crippen LogP contribution in [0.4, 0.5) is 5.82 Å². The van der Waals surface area contributed by atoms with E-state index in [4.69, 9.17) is 4.74 Å². The van der Waals surface area contributed by atoms with Gasteiger partial charge in [0.1, 0.15) is 5.75 Å². The Morgan fingerprint density at radius 1 is 1.17 bits per heavy atom. The number of anilines is 1. The molecule has 2 N–H and O–H groups in total. The Labute approximate surface area is 171 Å². The number of para-hydroxylation sites is 1. The van der Waals surface area contributed by atoms with Gasteiger partial charge in [-0.15, -0.1) is 0 Å². The van der Waals surface area contributed by atoms with E-state index < -0.39 is 0 Å². The van der Waals surface area contributed by atoms with Crippen molar-refractivity contribution in [3.8, 4) is 17.0 Å². The number of nitrogens with one attached hydrogen (secondary N) is 2. The van der Waals surface area contributed by atoms with Crippen LogP contribution in [0.1, 0.15) is 59.9 Å². The Hall–Kier alpha value is -3.02. The lowest BCUT2D eigenvalue weighted by Crippen LogP contribution is -2.17. The van der Waals surface area contributed by atoms with Gasteiger partial charge in [0.2, 0.25) is 0 Å². The third-order valence-corrected chi connectivity index (χ3v) is 5.89. The standard InChI is InChI=1S/C23H28N4O2/c1-15-13-19(16(2)27(15)17-9-5-4-6-10-17)23(28)24-22-14-20(25-26-22)18-11-7-8-12-21(18)29-3/h7-8,11-14,17H,4-6,9-10H2,1-3H3,(H2,24,25,26,28). The van der Waals surface area contributed by atoms with Crippen molar-refractivity contribution in [1.82, 2.24) is 14.8 Å². The van der Waals surface area contributed by atoms with E-state index in [1.165, 1.54) is 32.1 Å². The summed E-state index contributed by atoms with van der Waals surface area (Å²) in [6, 6.07) is 12.0. The number of benzene rings is 1. The maximum absolute atomic E-state index is 12.9. The minimum Gasteiger partial charge on any atom is -0.496 e. The van der Waals surface area contributed by atoms with E-state index in [1.54, 1.807) is 7.11 Å². The van der Waals surface area contributed by atoms with Crippen LogP contribution in [0.5, 0.6) is 5.75 Å². The topological polar surface area (TPSA) is 71.9 Å². The second-order valence-corrected chi connectivity index (χ2v) is 7.77. The molecule has 6 nitrogen and oxygen atoms in total. The average Bonchev–Trinajstić information content (AvgIpc) is 3.32. The average molecular weight is 393 g/mol. The molecule has 29 heavy (non-hydrogen) atoms. The number of ether oxygens (including phenoxy) is 1. The molecular weight excluding hydrogens is 364 g/mol. The van der Waals surface area contributed by atoms with Crippen LogP contribution in [0.3, 0.4) is 0 Å². The van der Waals surface area contributed by atoms with Gasteiger partial charge in [0.05, 0.1) is 18.4 Å². The Bertz CT molecular complexity index is 1010. The summed E-state index contributed by atoms with van der Waals surface area (Å²) in [7, 11) is 1.64. The molecule has 152 valence electrons. The number of aromatic amines is 1. The number of methoxy groups -OCH3 is 1. The maximum atomic E-state index is 12.9. The van der Waals surface area contributed by atoms with E-state index in [0.717, 1.165) is 34.0 Å². The number of amides is 1. The normalized spacial score (nSPS) is 14.7. The van der Waals surface area contributed by atoms with E-state index in [-0.39, 0.29) is 5.91 Å². The largest absolute Gasteiger partial charge is 0.496 e. The van der Waals surface area contributed by atoms with Crippen molar-refractivity contribution in [2.24, 2.45) is 0 Å². The molecule has 2 heterocycles. The Balaban J connectivity index is 1.54. The van der Waals surface area contributed by atoms with E-state index >= 15 is 0 Å². The second-order valence-electron chi connectivity index (χ2n) is 7.77. The highest BCUT2D eigenvalue weighted by Gasteiger charge is 2.23. The molecule has 0 radical (unpaired) electrons. The molecule has 3 aromatic rings. The number of rotatable bonds is 5. The number of aryl methyl sites for hydroxylation is 1. The summed E-state index contributed by atoms with van der Waals surface area (Å²) in [6.45, 7) is 4.13. The minimum absolute atomic E-state index is 0.127. The highest BCUT2D eigenvalue weighted by atomic mass is 16.5. The fourth-order valence-corrected chi connectivity index (χ4v) is 4.48. The summed E-state index contributed by atoms with van der Waals surface area (Å²) >= 11 is 0.